The Bertz CT molecular complexity index is 961. The predicted octanol–water partition coefficient (Wildman–Crippen LogP) is 2.29. The Balaban J connectivity index is 1.42. The van der Waals surface area contributed by atoms with Gasteiger partial charge in [0.05, 0.1) is 0 Å². The van der Waals surface area contributed by atoms with Gasteiger partial charge in [-0.3, -0.25) is 30.6 Å². The van der Waals surface area contributed by atoms with E-state index in [1.54, 1.807) is 43.3 Å². The molecule has 0 saturated heterocycles. The maximum Gasteiger partial charge on any atom is 0.269 e. The summed E-state index contributed by atoms with van der Waals surface area (Å²) in [5.41, 5.74) is 5.85. The zero-order valence-corrected chi connectivity index (χ0v) is 16.5. The van der Waals surface area contributed by atoms with E-state index in [0.29, 0.717) is 17.0 Å². The first-order chi connectivity index (χ1) is 13.9. The summed E-state index contributed by atoms with van der Waals surface area (Å²) >= 11 is 4.97. The van der Waals surface area contributed by atoms with Crippen molar-refractivity contribution in [3.63, 3.8) is 0 Å². The smallest absolute Gasteiger partial charge is 0.269 e. The van der Waals surface area contributed by atoms with Crippen LogP contribution in [-0.4, -0.2) is 22.8 Å². The van der Waals surface area contributed by atoms with E-state index in [-0.39, 0.29) is 16.9 Å². The van der Waals surface area contributed by atoms with Crippen LogP contribution in [0.1, 0.15) is 34.7 Å². The molecule has 2 aromatic rings. The third-order valence-electron chi connectivity index (χ3n) is 4.05. The molecule has 1 aliphatic rings. The van der Waals surface area contributed by atoms with Crippen molar-refractivity contribution in [3.05, 3.63) is 59.6 Å². The lowest BCUT2D eigenvalue weighted by atomic mass is 10.2. The highest BCUT2D eigenvalue weighted by Crippen LogP contribution is 2.30. The van der Waals surface area contributed by atoms with Crippen molar-refractivity contribution in [2.24, 2.45) is 5.92 Å². The normalized spacial score (nSPS) is 13.0. The van der Waals surface area contributed by atoms with Crippen LogP contribution in [0.15, 0.2) is 46.9 Å². The number of hydrazine groups is 1. The van der Waals surface area contributed by atoms with Gasteiger partial charge < -0.3 is 9.73 Å². The molecule has 9 heteroatoms. The lowest BCUT2D eigenvalue weighted by molar-refractivity contribution is -0.117. The van der Waals surface area contributed by atoms with Crippen molar-refractivity contribution in [3.8, 4) is 0 Å². The fourth-order valence-corrected chi connectivity index (χ4v) is 2.52. The van der Waals surface area contributed by atoms with Crippen molar-refractivity contribution >= 4 is 46.8 Å². The third-order valence-corrected chi connectivity index (χ3v) is 4.25. The second kappa shape index (κ2) is 9.16. The number of anilines is 1. The van der Waals surface area contributed by atoms with Crippen molar-refractivity contribution in [2.75, 3.05) is 5.32 Å². The average molecular weight is 412 g/mol. The topological polar surface area (TPSA) is 112 Å². The number of nitrogens with one attached hydrogen (secondary N) is 4. The Kier molecular flexibility index (Phi) is 6.40. The van der Waals surface area contributed by atoms with Crippen molar-refractivity contribution in [1.82, 2.24) is 16.2 Å². The number of rotatable bonds is 5. The van der Waals surface area contributed by atoms with Gasteiger partial charge in [0, 0.05) is 23.2 Å². The molecule has 150 valence electrons. The Morgan fingerprint density at radius 2 is 1.79 bits per heavy atom. The van der Waals surface area contributed by atoms with Gasteiger partial charge in [0.25, 0.3) is 5.91 Å². The molecule has 29 heavy (non-hydrogen) atoms. The first-order valence-corrected chi connectivity index (χ1v) is 9.38. The van der Waals surface area contributed by atoms with E-state index in [1.807, 2.05) is 0 Å². The number of thiocarbonyl (C=S) groups is 1. The van der Waals surface area contributed by atoms with Crippen LogP contribution in [0.3, 0.4) is 0 Å². The van der Waals surface area contributed by atoms with Crippen LogP contribution >= 0.6 is 12.2 Å². The second-order valence-corrected chi connectivity index (χ2v) is 6.93. The molecular formula is C20H20N4O4S. The summed E-state index contributed by atoms with van der Waals surface area (Å²) < 4.78 is 5.32. The molecule has 8 nitrogen and oxygen atoms in total. The summed E-state index contributed by atoms with van der Waals surface area (Å²) in [6.45, 7) is 1.80. The van der Waals surface area contributed by atoms with E-state index in [9.17, 15) is 14.4 Å². The molecule has 1 saturated carbocycles. The highest BCUT2D eigenvalue weighted by Gasteiger charge is 2.29. The molecule has 0 aliphatic heterocycles. The van der Waals surface area contributed by atoms with E-state index in [0.717, 1.165) is 18.6 Å². The molecule has 1 heterocycles. The van der Waals surface area contributed by atoms with Gasteiger partial charge in [0.1, 0.15) is 11.5 Å². The van der Waals surface area contributed by atoms with Crippen molar-refractivity contribution in [1.29, 1.82) is 0 Å². The summed E-state index contributed by atoms with van der Waals surface area (Å²) in [5, 5.41) is 5.14. The molecule has 4 N–H and O–H groups in total. The van der Waals surface area contributed by atoms with E-state index in [4.69, 9.17) is 16.6 Å². The molecule has 1 aromatic carbocycles. The van der Waals surface area contributed by atoms with E-state index >= 15 is 0 Å². The summed E-state index contributed by atoms with van der Waals surface area (Å²) in [4.78, 5) is 35.7. The summed E-state index contributed by atoms with van der Waals surface area (Å²) in [6.07, 6.45) is 4.62. The molecular weight excluding hydrogens is 392 g/mol. The molecule has 0 unspecified atom stereocenters. The molecule has 1 fully saturated rings. The lowest BCUT2D eigenvalue weighted by Crippen LogP contribution is -2.48. The van der Waals surface area contributed by atoms with Crippen LogP contribution in [0.5, 0.6) is 0 Å². The Morgan fingerprint density at radius 3 is 2.41 bits per heavy atom. The monoisotopic (exact) mass is 412 g/mol. The molecule has 1 aliphatic carbocycles. The minimum Gasteiger partial charge on any atom is -0.462 e. The van der Waals surface area contributed by atoms with Gasteiger partial charge in [-0.05, 0) is 74.5 Å². The highest BCUT2D eigenvalue weighted by atomic mass is 32.1. The number of amides is 3. The zero-order valence-electron chi connectivity index (χ0n) is 15.7. The Morgan fingerprint density at radius 1 is 1.07 bits per heavy atom. The Labute approximate surface area is 172 Å². The first kappa shape index (κ1) is 20.3. The molecule has 0 radical (unpaired) electrons. The molecule has 0 atom stereocenters. The molecule has 0 spiro atoms. The van der Waals surface area contributed by atoms with E-state index in [1.165, 1.54) is 12.2 Å². The SMILES string of the molecule is Cc1ccc(C=CC(=O)NC(=S)NNC(=O)c2ccc(NC(=O)C3CC3)cc2)o1. The number of carbonyl (C=O) groups is 3. The largest absolute Gasteiger partial charge is 0.462 e. The van der Waals surface area contributed by atoms with Gasteiger partial charge in [-0.15, -0.1) is 0 Å². The van der Waals surface area contributed by atoms with Gasteiger partial charge >= 0.3 is 0 Å². The maximum atomic E-state index is 12.1. The fraction of sp³-hybridized carbons (Fsp3) is 0.200. The maximum absolute atomic E-state index is 12.1. The van der Waals surface area contributed by atoms with E-state index in [2.05, 4.69) is 21.5 Å². The minimum atomic E-state index is -0.471. The van der Waals surface area contributed by atoms with Crippen LogP contribution in [0, 0.1) is 12.8 Å². The first-order valence-electron chi connectivity index (χ1n) is 8.97. The number of benzene rings is 1. The quantitative estimate of drug-likeness (QED) is 0.341. The molecule has 1 aromatic heterocycles. The summed E-state index contributed by atoms with van der Waals surface area (Å²) in [5.74, 6) is 0.479. The number of furan rings is 1. The second-order valence-electron chi connectivity index (χ2n) is 6.52. The van der Waals surface area contributed by atoms with Gasteiger partial charge in [-0.25, -0.2) is 0 Å². The zero-order chi connectivity index (χ0) is 20.8. The van der Waals surface area contributed by atoms with Gasteiger partial charge in [0.15, 0.2) is 5.11 Å². The highest BCUT2D eigenvalue weighted by molar-refractivity contribution is 7.80. The van der Waals surface area contributed by atoms with Gasteiger partial charge in [-0.2, -0.15) is 0 Å². The Hall–Kier alpha value is -3.46. The van der Waals surface area contributed by atoms with Crippen LogP contribution in [0.25, 0.3) is 6.08 Å². The van der Waals surface area contributed by atoms with Crippen molar-refractivity contribution in [2.45, 2.75) is 19.8 Å². The molecule has 0 bridgehead atoms. The summed E-state index contributed by atoms with van der Waals surface area (Å²) in [7, 11) is 0. The molecule has 3 amide bonds. The van der Waals surface area contributed by atoms with Crippen LogP contribution < -0.4 is 21.5 Å². The fourth-order valence-electron chi connectivity index (χ4n) is 2.37. The third kappa shape index (κ3) is 6.28. The lowest BCUT2D eigenvalue weighted by Gasteiger charge is -2.10. The van der Waals surface area contributed by atoms with E-state index < -0.39 is 11.8 Å². The van der Waals surface area contributed by atoms with Crippen LogP contribution in [-0.2, 0) is 9.59 Å². The number of hydrogen-bond acceptors (Lipinski definition) is 5. The van der Waals surface area contributed by atoms with Crippen LogP contribution in [0.2, 0.25) is 0 Å². The number of aryl methyl sites for hydroxylation is 1. The van der Waals surface area contributed by atoms with Crippen LogP contribution in [0.4, 0.5) is 5.69 Å². The molecule has 3 rings (SSSR count). The van der Waals surface area contributed by atoms with Gasteiger partial charge in [0.2, 0.25) is 11.8 Å². The summed E-state index contributed by atoms with van der Waals surface area (Å²) in [6, 6.07) is 9.97. The number of carbonyl (C=O) groups excluding carboxylic acids is 3. The predicted molar refractivity (Wildman–Crippen MR) is 112 cm³/mol. The number of hydrogen-bond donors (Lipinski definition) is 4. The minimum absolute atomic E-state index is 0.00110. The standard InChI is InChI=1S/C20H20N4O4S/c1-12-2-9-16(28-12)10-11-17(25)22-20(29)24-23-19(27)14-5-7-15(8-6-14)21-18(26)13-3-4-13/h2,5-11,13H,3-4H2,1H3,(H,21,26)(H,23,27)(H2,22,24,25,29). The van der Waals surface area contributed by atoms with Crippen molar-refractivity contribution < 1.29 is 18.8 Å². The average Bonchev–Trinajstić information content (AvgIpc) is 3.47. The van der Waals surface area contributed by atoms with Gasteiger partial charge in [-0.1, -0.05) is 0 Å².